The zero-order valence-electron chi connectivity index (χ0n) is 9.27. The summed E-state index contributed by atoms with van der Waals surface area (Å²) in [7, 11) is 0. The highest BCUT2D eigenvalue weighted by atomic mass is 16.4. The molecule has 7 nitrogen and oxygen atoms in total. The van der Waals surface area contributed by atoms with Crippen LogP contribution >= 0.6 is 0 Å². The first-order valence-electron chi connectivity index (χ1n) is 4.13. The van der Waals surface area contributed by atoms with Crippen molar-refractivity contribution < 1.29 is 20.2 Å². The second kappa shape index (κ2) is 7.85. The fourth-order valence-electron chi connectivity index (χ4n) is 0.894. The molecule has 1 aromatic rings. The van der Waals surface area contributed by atoms with Gasteiger partial charge in [-0.15, -0.1) is 0 Å². The predicted octanol–water partition coefficient (Wildman–Crippen LogP) is -0.935. The lowest BCUT2D eigenvalue weighted by molar-refractivity contribution is -0.297. The molecule has 1 aromatic carbocycles. The Labute approximate surface area is 97.8 Å². The first-order chi connectivity index (χ1) is 7.08. The van der Waals surface area contributed by atoms with Gasteiger partial charge in [-0.05, 0) is 30.3 Å². The Hall–Kier alpha value is -2.38. The number of hydrogen-bond acceptors (Lipinski definition) is 4. The van der Waals surface area contributed by atoms with Gasteiger partial charge in [0.2, 0.25) is 5.91 Å². The molecule has 0 fully saturated rings. The van der Waals surface area contributed by atoms with Crippen LogP contribution in [0, 0.1) is 0 Å². The van der Waals surface area contributed by atoms with Crippen LogP contribution in [0.25, 0.3) is 0 Å². The lowest BCUT2D eigenvalue weighted by atomic mass is 10.3. The van der Waals surface area contributed by atoms with E-state index >= 15 is 0 Å². The van der Waals surface area contributed by atoms with Gasteiger partial charge in [0.1, 0.15) is 0 Å². The van der Waals surface area contributed by atoms with Crippen molar-refractivity contribution in [2.24, 2.45) is 0 Å². The Morgan fingerprint density at radius 1 is 1.18 bits per heavy atom. The fraction of sp³-hybridized carbons (Fsp3) is 0. The number of anilines is 2. The largest absolute Gasteiger partial charge is 0.545 e. The molecule has 0 atom stereocenters. The van der Waals surface area contributed by atoms with Gasteiger partial charge in [-0.1, -0.05) is 0 Å². The topological polar surface area (TPSA) is 163 Å². The molecule has 0 radical (unpaired) electrons. The third-order valence-corrected chi connectivity index (χ3v) is 1.55. The van der Waals surface area contributed by atoms with Gasteiger partial charge in [0.25, 0.3) is 0 Å². The van der Waals surface area contributed by atoms with Crippen molar-refractivity contribution in [2.45, 2.75) is 0 Å². The van der Waals surface area contributed by atoms with Crippen LogP contribution < -0.4 is 22.3 Å². The number of nitrogen functional groups attached to an aromatic ring is 1. The molecule has 0 aromatic heterocycles. The summed E-state index contributed by atoms with van der Waals surface area (Å²) in [5.74, 6) is -1.95. The number of carboxylic acids is 1. The van der Waals surface area contributed by atoms with Crippen molar-refractivity contribution >= 4 is 23.3 Å². The molecule has 0 bridgehead atoms. The molecule has 1 amide bonds. The summed E-state index contributed by atoms with van der Waals surface area (Å²) in [5, 5.41) is 12.5. The number of quaternary nitrogens is 1. The second-order valence-electron chi connectivity index (χ2n) is 2.76. The van der Waals surface area contributed by atoms with Gasteiger partial charge >= 0.3 is 0 Å². The number of amides is 1. The highest BCUT2D eigenvalue weighted by molar-refractivity contribution is 6.02. The Morgan fingerprint density at radius 3 is 2.18 bits per heavy atom. The van der Waals surface area contributed by atoms with Crippen LogP contribution in [0.5, 0.6) is 0 Å². The third kappa shape index (κ3) is 6.66. The minimum atomic E-state index is -1.41. The summed E-state index contributed by atoms with van der Waals surface area (Å²) in [6.07, 6.45) is 1.54. The van der Waals surface area contributed by atoms with Gasteiger partial charge in [-0.25, -0.2) is 0 Å². The molecule has 94 valence electrons. The number of rotatable bonds is 3. The zero-order valence-corrected chi connectivity index (χ0v) is 9.27. The minimum absolute atomic E-state index is 0. The molecule has 1 rings (SSSR count). The van der Waals surface area contributed by atoms with Crippen LogP contribution in [0.15, 0.2) is 36.4 Å². The van der Waals surface area contributed by atoms with Crippen LogP contribution in [-0.2, 0) is 9.59 Å². The van der Waals surface area contributed by atoms with Crippen LogP contribution in [0.2, 0.25) is 0 Å². The number of carboxylic acid groups (broad SMARTS) is 1. The summed E-state index contributed by atoms with van der Waals surface area (Å²) < 4.78 is 0. The summed E-state index contributed by atoms with van der Waals surface area (Å²) in [5.41, 5.74) is 6.56. The van der Waals surface area contributed by atoms with Gasteiger partial charge in [-0.2, -0.15) is 0 Å². The molecule has 9 N–H and O–H groups in total. The molecule has 0 unspecified atom stereocenters. The number of hydrogen-bond donors (Lipinski definition) is 3. The highest BCUT2D eigenvalue weighted by Crippen LogP contribution is 2.10. The van der Waals surface area contributed by atoms with Crippen molar-refractivity contribution in [3.8, 4) is 0 Å². The normalized spacial score (nSPS) is 8.94. The SMILES string of the molecule is Nc1ccc(NC(=O)/C=C\C(=O)[O-])cc1.O.[NH4+]. The van der Waals surface area contributed by atoms with E-state index in [2.05, 4.69) is 5.32 Å². The smallest absolute Gasteiger partial charge is 0.248 e. The standard InChI is InChI=1S/C10H10N2O3.H3N.H2O/c11-7-1-3-8(4-2-7)12-9(13)5-6-10(14)15;;/h1-6H,11H2,(H,12,13)(H,14,15);1H3;1H2/b6-5-;;. The van der Waals surface area contributed by atoms with Crippen LogP contribution in [0.3, 0.4) is 0 Å². The summed E-state index contributed by atoms with van der Waals surface area (Å²) in [6, 6.07) is 6.47. The lowest BCUT2D eigenvalue weighted by Gasteiger charge is -2.01. The maximum Gasteiger partial charge on any atom is 0.248 e. The number of nitrogens with two attached hydrogens (primary N) is 1. The number of carbonyl (C=O) groups is 2. The van der Waals surface area contributed by atoms with Gasteiger partial charge in [-0.3, -0.25) is 4.79 Å². The van der Waals surface area contributed by atoms with E-state index in [0.717, 1.165) is 6.08 Å². The lowest BCUT2D eigenvalue weighted by Crippen LogP contribution is -2.20. The van der Waals surface area contributed by atoms with E-state index < -0.39 is 11.9 Å². The molecule has 0 aliphatic carbocycles. The molecule has 7 heteroatoms. The zero-order chi connectivity index (χ0) is 11.3. The van der Waals surface area contributed by atoms with Crippen LogP contribution in [-0.4, -0.2) is 17.4 Å². The first kappa shape index (κ1) is 17.0. The molecule has 0 saturated carbocycles. The molecule has 17 heavy (non-hydrogen) atoms. The van der Waals surface area contributed by atoms with Gasteiger partial charge < -0.3 is 32.6 Å². The Kier molecular flexibility index (Phi) is 7.87. The highest BCUT2D eigenvalue weighted by Gasteiger charge is 1.96. The van der Waals surface area contributed by atoms with Crippen molar-refractivity contribution in [3.63, 3.8) is 0 Å². The maximum absolute atomic E-state index is 11.1. The van der Waals surface area contributed by atoms with E-state index in [1.807, 2.05) is 0 Å². The second-order valence-corrected chi connectivity index (χ2v) is 2.76. The van der Waals surface area contributed by atoms with Crippen molar-refractivity contribution in [1.29, 1.82) is 0 Å². The van der Waals surface area contributed by atoms with E-state index in [1.54, 1.807) is 24.3 Å². The maximum atomic E-state index is 11.1. The van der Waals surface area contributed by atoms with E-state index in [0.29, 0.717) is 17.5 Å². The molecule has 0 heterocycles. The number of aliphatic carboxylic acids is 1. The predicted molar refractivity (Wildman–Crippen MR) is 63.2 cm³/mol. The number of carbonyl (C=O) groups excluding carboxylic acids is 2. The van der Waals surface area contributed by atoms with E-state index in [9.17, 15) is 14.7 Å². The van der Waals surface area contributed by atoms with E-state index in [1.165, 1.54) is 0 Å². The third-order valence-electron chi connectivity index (χ3n) is 1.55. The molecule has 0 aliphatic rings. The first-order valence-corrected chi connectivity index (χ1v) is 4.13. The van der Waals surface area contributed by atoms with Crippen LogP contribution in [0.4, 0.5) is 11.4 Å². The Morgan fingerprint density at radius 2 is 1.71 bits per heavy atom. The van der Waals surface area contributed by atoms with Crippen molar-refractivity contribution in [2.75, 3.05) is 11.1 Å². The van der Waals surface area contributed by atoms with E-state index in [4.69, 9.17) is 5.73 Å². The van der Waals surface area contributed by atoms with Crippen LogP contribution in [0.1, 0.15) is 0 Å². The van der Waals surface area contributed by atoms with Gasteiger partial charge in [0.15, 0.2) is 0 Å². The summed E-state index contributed by atoms with van der Waals surface area (Å²) in [4.78, 5) is 21.1. The summed E-state index contributed by atoms with van der Waals surface area (Å²) >= 11 is 0. The Balaban J connectivity index is 0. The summed E-state index contributed by atoms with van der Waals surface area (Å²) in [6.45, 7) is 0. The molecule has 0 spiro atoms. The van der Waals surface area contributed by atoms with Gasteiger partial charge in [0.05, 0.1) is 5.97 Å². The average Bonchev–Trinajstić information content (AvgIpc) is 2.19. The molecule has 0 aliphatic heterocycles. The molecular formula is C10H15N3O4. The average molecular weight is 241 g/mol. The fourth-order valence-corrected chi connectivity index (χ4v) is 0.894. The monoisotopic (exact) mass is 241 g/mol. The molecule has 0 saturated heterocycles. The number of nitrogens with one attached hydrogen (secondary N) is 1. The van der Waals surface area contributed by atoms with Crippen molar-refractivity contribution in [1.82, 2.24) is 6.15 Å². The number of benzene rings is 1. The van der Waals surface area contributed by atoms with Crippen molar-refractivity contribution in [3.05, 3.63) is 36.4 Å². The van der Waals surface area contributed by atoms with Gasteiger partial charge in [0, 0.05) is 17.5 Å². The van der Waals surface area contributed by atoms with E-state index in [-0.39, 0.29) is 11.6 Å². The quantitative estimate of drug-likeness (QED) is 0.459. The minimum Gasteiger partial charge on any atom is -0.545 e. The molecular weight excluding hydrogens is 226 g/mol. The Bertz CT molecular complexity index is 401.